The third-order valence-electron chi connectivity index (χ3n) is 13.8. The smallest absolute Gasteiger partial charge is 0.311 e. The molecule has 46 heavy (non-hydrogen) atoms. The summed E-state index contributed by atoms with van der Waals surface area (Å²) in [5, 5.41) is 0. The standard InChI is InChI=1S/C34H52O4.2C3H8.C2H6/c1-9-34-16-10-11-25(34)24-12-13-27-31(5)17-15-26(38-28(35)21-30(3,4)29(36)37-8)22(2)23(31)14-18-33(27,7)32(24,6)19-20-34;2*1-3-2;1-2/h1,22-27H,10-21H2,2-8H3;2*3H2,1-2H3;1-2H3/t22-,23?,24?,25?,26+,27?,31+,32-,33-,34-;;;/m1.../s1. The molecule has 0 saturated heterocycles. The molecule has 10 atom stereocenters. The van der Waals surface area contributed by atoms with E-state index in [4.69, 9.17) is 15.9 Å². The predicted molar refractivity (Wildman–Crippen MR) is 193 cm³/mol. The molecule has 0 aromatic rings. The predicted octanol–water partition coefficient (Wildman–Crippen LogP) is 11.4. The highest BCUT2D eigenvalue weighted by atomic mass is 16.5. The summed E-state index contributed by atoms with van der Waals surface area (Å²) in [6.45, 7) is 26.2. The van der Waals surface area contributed by atoms with Crippen molar-refractivity contribution in [1.82, 2.24) is 0 Å². The van der Waals surface area contributed by atoms with Crippen LogP contribution in [0.1, 0.15) is 173 Å². The molecule has 0 N–H and O–H groups in total. The zero-order chi connectivity index (χ0) is 35.1. The second kappa shape index (κ2) is 16.3. The second-order valence-corrected chi connectivity index (χ2v) is 16.9. The molecule has 5 fully saturated rings. The molecule has 4 unspecified atom stereocenters. The minimum absolute atomic E-state index is 0.0604. The van der Waals surface area contributed by atoms with Gasteiger partial charge >= 0.3 is 11.9 Å². The first-order valence-corrected chi connectivity index (χ1v) is 19.4. The molecule has 266 valence electrons. The van der Waals surface area contributed by atoms with Crippen LogP contribution in [0, 0.1) is 69.0 Å². The minimum Gasteiger partial charge on any atom is -0.469 e. The van der Waals surface area contributed by atoms with E-state index < -0.39 is 5.41 Å². The van der Waals surface area contributed by atoms with Crippen molar-refractivity contribution in [3.05, 3.63) is 0 Å². The molecule has 0 amide bonds. The lowest BCUT2D eigenvalue weighted by molar-refractivity contribution is -0.231. The molecule has 0 bridgehead atoms. The molecule has 5 aliphatic rings. The van der Waals surface area contributed by atoms with Gasteiger partial charge in [0.15, 0.2) is 0 Å². The van der Waals surface area contributed by atoms with E-state index in [0.29, 0.717) is 28.6 Å². The van der Waals surface area contributed by atoms with Gasteiger partial charge in [-0.15, -0.1) is 6.42 Å². The summed E-state index contributed by atoms with van der Waals surface area (Å²) < 4.78 is 11.0. The van der Waals surface area contributed by atoms with Gasteiger partial charge in [-0.1, -0.05) is 94.4 Å². The summed E-state index contributed by atoms with van der Waals surface area (Å²) in [4.78, 5) is 25.0. The van der Waals surface area contributed by atoms with Crippen molar-refractivity contribution < 1.29 is 19.1 Å². The average Bonchev–Trinajstić information content (AvgIpc) is 3.45. The van der Waals surface area contributed by atoms with Gasteiger partial charge in [0, 0.05) is 5.41 Å². The quantitative estimate of drug-likeness (QED) is 0.226. The number of esters is 2. The Morgan fingerprint density at radius 1 is 0.804 bits per heavy atom. The van der Waals surface area contributed by atoms with Crippen LogP contribution in [0.25, 0.3) is 0 Å². The molecule has 5 aliphatic carbocycles. The number of fused-ring (bicyclic) bond motifs is 7. The highest BCUT2D eigenvalue weighted by molar-refractivity contribution is 5.82. The lowest BCUT2D eigenvalue weighted by Crippen LogP contribution is -2.65. The molecule has 4 nitrogen and oxygen atoms in total. The summed E-state index contributed by atoms with van der Waals surface area (Å²) in [6, 6.07) is 0. The van der Waals surface area contributed by atoms with Crippen LogP contribution in [-0.2, 0) is 19.1 Å². The molecule has 0 aromatic carbocycles. The van der Waals surface area contributed by atoms with Gasteiger partial charge in [-0.05, 0) is 124 Å². The number of hydrogen-bond acceptors (Lipinski definition) is 4. The van der Waals surface area contributed by atoms with Gasteiger partial charge in [0.05, 0.1) is 18.9 Å². The third kappa shape index (κ3) is 7.25. The largest absolute Gasteiger partial charge is 0.469 e. The van der Waals surface area contributed by atoms with E-state index in [0.717, 1.165) is 24.7 Å². The molecule has 0 spiro atoms. The van der Waals surface area contributed by atoms with E-state index in [-0.39, 0.29) is 35.3 Å². The number of rotatable bonds is 4. The molecular weight excluding hydrogens is 568 g/mol. The zero-order valence-electron chi connectivity index (χ0n) is 32.6. The molecule has 5 rings (SSSR count). The molecule has 0 aromatic heterocycles. The Kier molecular flexibility index (Phi) is 14.4. The first-order valence-electron chi connectivity index (χ1n) is 19.4. The van der Waals surface area contributed by atoms with Gasteiger partial charge in [-0.25, -0.2) is 0 Å². The fourth-order valence-corrected chi connectivity index (χ4v) is 11.5. The molecule has 5 saturated carbocycles. The fraction of sp³-hybridized carbons (Fsp3) is 0.905. The van der Waals surface area contributed by atoms with Crippen LogP contribution in [-0.4, -0.2) is 25.2 Å². The van der Waals surface area contributed by atoms with Gasteiger partial charge in [0.1, 0.15) is 6.10 Å². The number of methoxy groups -OCH3 is 1. The Bertz CT molecular complexity index is 1040. The van der Waals surface area contributed by atoms with E-state index in [1.54, 1.807) is 13.8 Å². The van der Waals surface area contributed by atoms with Crippen LogP contribution in [0.5, 0.6) is 0 Å². The van der Waals surface area contributed by atoms with Crippen LogP contribution >= 0.6 is 0 Å². The van der Waals surface area contributed by atoms with Gasteiger partial charge in [-0.2, -0.15) is 0 Å². The lowest BCUT2D eigenvalue weighted by atomic mass is 9.33. The maximum absolute atomic E-state index is 12.9. The summed E-state index contributed by atoms with van der Waals surface area (Å²) >= 11 is 0. The number of carbonyl (C=O) groups excluding carboxylic acids is 2. The van der Waals surface area contributed by atoms with E-state index >= 15 is 0 Å². The number of terminal acetylenes is 1. The normalized spacial score (nSPS) is 40.5. The van der Waals surface area contributed by atoms with Crippen molar-refractivity contribution >= 4 is 11.9 Å². The lowest BCUT2D eigenvalue weighted by Gasteiger charge is -2.71. The second-order valence-electron chi connectivity index (χ2n) is 16.9. The number of hydrogen-bond donors (Lipinski definition) is 0. The van der Waals surface area contributed by atoms with Gasteiger partial charge in [0.25, 0.3) is 0 Å². The highest BCUT2D eigenvalue weighted by Gasteiger charge is 2.68. The first-order chi connectivity index (χ1) is 21.6. The highest BCUT2D eigenvalue weighted by Crippen LogP contribution is 2.76. The summed E-state index contributed by atoms with van der Waals surface area (Å²) in [6.07, 6.45) is 22.3. The van der Waals surface area contributed by atoms with Crippen LogP contribution in [0.3, 0.4) is 0 Å². The van der Waals surface area contributed by atoms with Gasteiger partial charge in [0.2, 0.25) is 0 Å². The third-order valence-corrected chi connectivity index (χ3v) is 13.8. The molecule has 0 heterocycles. The Labute approximate surface area is 285 Å². The topological polar surface area (TPSA) is 52.6 Å². The SMILES string of the molecule is C#C[C@]12CCCC1C1CCC3[C@@]4(C)CC[C@H](OC(=O)CC(C)(C)C(=O)OC)[C@H](C)C4CC[C@@]3(C)[C@]1(C)CC2.CC.CCC.CCC. The van der Waals surface area contributed by atoms with Crippen LogP contribution in [0.15, 0.2) is 0 Å². The van der Waals surface area contributed by atoms with Crippen LogP contribution in [0.2, 0.25) is 0 Å². The fourth-order valence-electron chi connectivity index (χ4n) is 11.5. The van der Waals surface area contributed by atoms with Crippen molar-refractivity contribution in [2.45, 2.75) is 179 Å². The van der Waals surface area contributed by atoms with Crippen molar-refractivity contribution in [1.29, 1.82) is 0 Å². The van der Waals surface area contributed by atoms with Crippen molar-refractivity contribution in [2.75, 3.05) is 7.11 Å². The molecular formula is C42H74O4. The maximum Gasteiger partial charge on any atom is 0.311 e. The number of carbonyl (C=O) groups is 2. The van der Waals surface area contributed by atoms with Gasteiger partial charge < -0.3 is 9.47 Å². The summed E-state index contributed by atoms with van der Waals surface area (Å²) in [5.41, 5.74) is 0.303. The molecule has 0 radical (unpaired) electrons. The maximum atomic E-state index is 12.9. The Morgan fingerprint density at radius 2 is 1.41 bits per heavy atom. The Balaban J connectivity index is 0.000000841. The van der Waals surface area contributed by atoms with Crippen molar-refractivity contribution in [3.8, 4) is 12.3 Å². The summed E-state index contributed by atoms with van der Waals surface area (Å²) in [5.74, 6) is 5.82. The molecule has 4 heteroatoms. The van der Waals surface area contributed by atoms with Crippen LogP contribution < -0.4 is 0 Å². The molecule has 0 aliphatic heterocycles. The van der Waals surface area contributed by atoms with Crippen molar-refractivity contribution in [2.24, 2.45) is 56.7 Å². The zero-order valence-corrected chi connectivity index (χ0v) is 32.6. The number of ether oxygens (including phenoxy) is 2. The Hall–Kier alpha value is -1.50. The summed E-state index contributed by atoms with van der Waals surface area (Å²) in [7, 11) is 1.37. The van der Waals surface area contributed by atoms with E-state index in [9.17, 15) is 9.59 Å². The van der Waals surface area contributed by atoms with Gasteiger partial charge in [-0.3, -0.25) is 9.59 Å². The van der Waals surface area contributed by atoms with E-state index in [2.05, 4.69) is 61.3 Å². The van der Waals surface area contributed by atoms with Crippen molar-refractivity contribution in [3.63, 3.8) is 0 Å². The van der Waals surface area contributed by atoms with E-state index in [1.807, 2.05) is 13.8 Å². The monoisotopic (exact) mass is 643 g/mol. The van der Waals surface area contributed by atoms with Crippen LogP contribution in [0.4, 0.5) is 0 Å². The minimum atomic E-state index is -0.866. The Morgan fingerprint density at radius 3 is 1.98 bits per heavy atom. The van der Waals surface area contributed by atoms with E-state index in [1.165, 1.54) is 77.7 Å². The average molecular weight is 643 g/mol. The first kappa shape index (κ1) is 40.7.